The van der Waals surface area contributed by atoms with Gasteiger partial charge in [-0.2, -0.15) is 4.98 Å². The maximum absolute atomic E-state index is 13.4. The Balaban J connectivity index is 1.47. The molecule has 5 rings (SSSR count). The van der Waals surface area contributed by atoms with E-state index in [1.165, 1.54) is 11.1 Å². The fourth-order valence-corrected chi connectivity index (χ4v) is 4.87. The first-order valence-electron chi connectivity index (χ1n) is 11.1. The fraction of sp³-hybridized carbons (Fsp3) is 0.148. The lowest BCUT2D eigenvalue weighted by Crippen LogP contribution is -2.31. The molecule has 4 aromatic rings. The van der Waals surface area contributed by atoms with Crippen molar-refractivity contribution in [2.24, 2.45) is 0 Å². The van der Waals surface area contributed by atoms with Crippen LogP contribution in [0.5, 0.6) is 0 Å². The Morgan fingerprint density at radius 2 is 1.74 bits per heavy atom. The van der Waals surface area contributed by atoms with Gasteiger partial charge in [-0.1, -0.05) is 90.1 Å². The molecule has 0 radical (unpaired) electrons. The molecule has 6 nitrogen and oxygen atoms in total. The molecule has 1 unspecified atom stereocenters. The van der Waals surface area contributed by atoms with E-state index in [1.54, 1.807) is 11.8 Å². The average Bonchev–Trinajstić information content (AvgIpc) is 3.25. The summed E-state index contributed by atoms with van der Waals surface area (Å²) in [6, 6.07) is 27.5. The van der Waals surface area contributed by atoms with Crippen LogP contribution in [0.15, 0.2) is 101 Å². The zero-order chi connectivity index (χ0) is 23.5. The summed E-state index contributed by atoms with van der Waals surface area (Å²) in [5, 5.41) is 11.8. The van der Waals surface area contributed by atoms with Crippen molar-refractivity contribution in [2.75, 3.05) is 10.6 Å². The van der Waals surface area contributed by atoms with Crippen LogP contribution in [0.25, 0.3) is 0 Å². The molecular formula is C27H25N5OS. The van der Waals surface area contributed by atoms with Crippen molar-refractivity contribution >= 4 is 29.3 Å². The van der Waals surface area contributed by atoms with Crippen LogP contribution in [-0.2, 0) is 10.5 Å². The van der Waals surface area contributed by atoms with Crippen LogP contribution < -0.4 is 10.6 Å². The number of carbonyl (C=O) groups excluding carboxylic acids is 1. The van der Waals surface area contributed by atoms with Gasteiger partial charge in [0.15, 0.2) is 0 Å². The van der Waals surface area contributed by atoms with Gasteiger partial charge in [0, 0.05) is 17.1 Å². The SMILES string of the molecule is CC1=C(C(=O)Nc2ccccc2)C(c2ccccc2)n2nc(SCc3cccc(C)c3)nc2N1. The van der Waals surface area contributed by atoms with E-state index < -0.39 is 0 Å². The monoisotopic (exact) mass is 467 g/mol. The summed E-state index contributed by atoms with van der Waals surface area (Å²) in [5.41, 5.74) is 5.55. The lowest BCUT2D eigenvalue weighted by Gasteiger charge is -2.28. The first-order valence-corrected chi connectivity index (χ1v) is 12.1. The minimum atomic E-state index is -0.387. The van der Waals surface area contributed by atoms with E-state index in [4.69, 9.17) is 10.1 Å². The second-order valence-electron chi connectivity index (χ2n) is 8.24. The molecule has 1 atom stereocenters. The number of rotatable bonds is 6. The largest absolute Gasteiger partial charge is 0.328 e. The number of aromatic nitrogens is 3. The minimum Gasteiger partial charge on any atom is -0.328 e. The van der Waals surface area contributed by atoms with Gasteiger partial charge in [0.05, 0.1) is 5.57 Å². The molecule has 0 saturated carbocycles. The Bertz CT molecular complexity index is 1350. The number of benzene rings is 3. The number of hydrogen-bond donors (Lipinski definition) is 2. The van der Waals surface area contributed by atoms with E-state index in [-0.39, 0.29) is 11.9 Å². The number of aryl methyl sites for hydroxylation is 1. The zero-order valence-corrected chi connectivity index (χ0v) is 19.8. The van der Waals surface area contributed by atoms with Gasteiger partial charge in [-0.05, 0) is 37.1 Å². The van der Waals surface area contributed by atoms with Crippen LogP contribution in [0.2, 0.25) is 0 Å². The van der Waals surface area contributed by atoms with Gasteiger partial charge in [0.2, 0.25) is 11.1 Å². The highest BCUT2D eigenvalue weighted by molar-refractivity contribution is 7.98. The number of hydrogen-bond acceptors (Lipinski definition) is 5. The lowest BCUT2D eigenvalue weighted by molar-refractivity contribution is -0.113. The molecule has 0 saturated heterocycles. The van der Waals surface area contributed by atoms with Crippen molar-refractivity contribution in [3.8, 4) is 0 Å². The van der Waals surface area contributed by atoms with Crippen molar-refractivity contribution < 1.29 is 4.79 Å². The van der Waals surface area contributed by atoms with Crippen molar-refractivity contribution in [2.45, 2.75) is 30.8 Å². The highest BCUT2D eigenvalue weighted by Crippen LogP contribution is 2.37. The Morgan fingerprint density at radius 3 is 2.47 bits per heavy atom. The van der Waals surface area contributed by atoms with Crippen LogP contribution in [0.4, 0.5) is 11.6 Å². The third kappa shape index (κ3) is 4.61. The molecular weight excluding hydrogens is 442 g/mol. The quantitative estimate of drug-likeness (QED) is 0.350. The number of nitrogens with one attached hydrogen (secondary N) is 2. The number of allylic oxidation sites excluding steroid dienone is 1. The van der Waals surface area contributed by atoms with Gasteiger partial charge < -0.3 is 10.6 Å². The Kier molecular flexibility index (Phi) is 6.18. The van der Waals surface area contributed by atoms with Gasteiger partial charge in [-0.3, -0.25) is 4.79 Å². The van der Waals surface area contributed by atoms with E-state index >= 15 is 0 Å². The van der Waals surface area contributed by atoms with E-state index in [9.17, 15) is 4.79 Å². The summed E-state index contributed by atoms with van der Waals surface area (Å²) < 4.78 is 1.82. The Labute approximate surface area is 203 Å². The second kappa shape index (κ2) is 9.57. The third-order valence-electron chi connectivity index (χ3n) is 5.68. The topological polar surface area (TPSA) is 71.8 Å². The standard InChI is InChI=1S/C27H25N5OS/c1-18-10-9-11-20(16-18)17-34-27-30-26-28-19(2)23(25(33)29-22-14-7-4-8-15-22)24(32(26)31-27)21-12-5-3-6-13-21/h3-16,24H,17H2,1-2H3,(H,29,33)(H,28,30,31). The van der Waals surface area contributed by atoms with E-state index in [0.717, 1.165) is 22.7 Å². The molecule has 2 N–H and O–H groups in total. The number of carbonyl (C=O) groups is 1. The van der Waals surface area contributed by atoms with Gasteiger partial charge in [0.25, 0.3) is 5.91 Å². The first-order chi connectivity index (χ1) is 16.6. The van der Waals surface area contributed by atoms with Crippen molar-refractivity contribution in [3.05, 3.63) is 113 Å². The second-order valence-corrected chi connectivity index (χ2v) is 9.18. The number of para-hydroxylation sites is 1. The molecule has 0 bridgehead atoms. The predicted molar refractivity (Wildman–Crippen MR) is 137 cm³/mol. The molecule has 1 amide bonds. The third-order valence-corrected chi connectivity index (χ3v) is 6.58. The molecule has 7 heteroatoms. The first kappa shape index (κ1) is 22.0. The molecule has 0 spiro atoms. The molecule has 2 heterocycles. The number of amides is 1. The summed E-state index contributed by atoms with van der Waals surface area (Å²) in [7, 11) is 0. The molecule has 34 heavy (non-hydrogen) atoms. The maximum atomic E-state index is 13.4. The minimum absolute atomic E-state index is 0.167. The predicted octanol–water partition coefficient (Wildman–Crippen LogP) is 5.81. The van der Waals surface area contributed by atoms with Crippen LogP contribution in [0.3, 0.4) is 0 Å². The molecule has 1 aliphatic rings. The zero-order valence-electron chi connectivity index (χ0n) is 19.0. The van der Waals surface area contributed by atoms with Crippen LogP contribution in [0.1, 0.15) is 29.7 Å². The average molecular weight is 468 g/mol. The number of fused-ring (bicyclic) bond motifs is 1. The van der Waals surface area contributed by atoms with E-state index in [2.05, 4.69) is 41.8 Å². The number of anilines is 2. The molecule has 1 aliphatic heterocycles. The van der Waals surface area contributed by atoms with Gasteiger partial charge in [0.1, 0.15) is 6.04 Å². The Morgan fingerprint density at radius 1 is 1.00 bits per heavy atom. The fourth-order valence-electron chi connectivity index (χ4n) is 4.10. The Hall–Kier alpha value is -3.84. The molecule has 0 aliphatic carbocycles. The summed E-state index contributed by atoms with van der Waals surface area (Å²) in [6.07, 6.45) is 0. The van der Waals surface area contributed by atoms with Crippen LogP contribution in [-0.4, -0.2) is 20.7 Å². The number of thioether (sulfide) groups is 1. The van der Waals surface area contributed by atoms with Gasteiger partial charge in [-0.25, -0.2) is 4.68 Å². The molecule has 3 aromatic carbocycles. The summed E-state index contributed by atoms with van der Waals surface area (Å²) >= 11 is 1.58. The highest BCUT2D eigenvalue weighted by atomic mass is 32.2. The molecule has 170 valence electrons. The molecule has 1 aromatic heterocycles. The summed E-state index contributed by atoms with van der Waals surface area (Å²) in [4.78, 5) is 18.2. The van der Waals surface area contributed by atoms with Crippen LogP contribution >= 0.6 is 11.8 Å². The normalized spacial score (nSPS) is 14.9. The van der Waals surface area contributed by atoms with Gasteiger partial charge >= 0.3 is 0 Å². The van der Waals surface area contributed by atoms with Gasteiger partial charge in [-0.15, -0.1) is 5.10 Å². The molecule has 0 fully saturated rings. The van der Waals surface area contributed by atoms with Crippen molar-refractivity contribution in [3.63, 3.8) is 0 Å². The number of nitrogens with zero attached hydrogens (tertiary/aromatic N) is 3. The summed E-state index contributed by atoms with van der Waals surface area (Å²) in [5.74, 6) is 1.24. The summed E-state index contributed by atoms with van der Waals surface area (Å²) in [6.45, 7) is 4.00. The highest BCUT2D eigenvalue weighted by Gasteiger charge is 2.34. The smallest absolute Gasteiger partial charge is 0.255 e. The van der Waals surface area contributed by atoms with E-state index in [1.807, 2.05) is 72.3 Å². The van der Waals surface area contributed by atoms with Crippen molar-refractivity contribution in [1.82, 2.24) is 14.8 Å². The maximum Gasteiger partial charge on any atom is 0.255 e. The van der Waals surface area contributed by atoms with Crippen LogP contribution in [0, 0.1) is 6.92 Å². The van der Waals surface area contributed by atoms with Crippen molar-refractivity contribution in [1.29, 1.82) is 0 Å². The van der Waals surface area contributed by atoms with E-state index in [0.29, 0.717) is 16.7 Å². The lowest BCUT2D eigenvalue weighted by atomic mass is 9.95.